The van der Waals surface area contributed by atoms with E-state index in [0.717, 1.165) is 38.5 Å². The molecule has 4 aliphatic rings. The van der Waals surface area contributed by atoms with Crippen LogP contribution in [-0.2, 0) is 14.9 Å². The number of carbonyl (C=O) groups is 1. The van der Waals surface area contributed by atoms with Crippen LogP contribution in [0.3, 0.4) is 0 Å². The van der Waals surface area contributed by atoms with E-state index < -0.39 is 34.1 Å². The third-order valence-corrected chi connectivity index (χ3v) is 12.7. The first kappa shape index (κ1) is 31.2. The van der Waals surface area contributed by atoms with Crippen molar-refractivity contribution in [2.45, 2.75) is 123 Å². The number of rotatable bonds is 9. The fourth-order valence-corrected chi connectivity index (χ4v) is 10.7. The smallest absolute Gasteiger partial charge is 0.266 e. The van der Waals surface area contributed by atoms with Gasteiger partial charge < -0.3 is 20.6 Å². The molecule has 0 aromatic heterocycles. The van der Waals surface area contributed by atoms with Crippen molar-refractivity contribution >= 4 is 16.0 Å². The molecule has 0 saturated heterocycles. The molecule has 0 aromatic carbocycles. The minimum Gasteiger partial charge on any atom is -0.393 e. The molecule has 12 unspecified atom stereocenters. The molecule has 9 heteroatoms. The van der Waals surface area contributed by atoms with Crippen molar-refractivity contribution < 1.29 is 33.1 Å². The highest BCUT2D eigenvalue weighted by Gasteiger charge is 2.65. The van der Waals surface area contributed by atoms with E-state index in [1.807, 2.05) is 13.8 Å². The number of nitrogens with one attached hydrogen (secondary N) is 1. The highest BCUT2D eigenvalue weighted by Crippen LogP contribution is 2.68. The first-order chi connectivity index (χ1) is 18.1. The molecule has 12 atom stereocenters. The SMILES string of the molecule is CC(C)CC(CS(=O)(=O)O)NC(=O)CCC(C)C1CCC2C3C(O)CC4CC(O)CCC4(C)C3CC(O)C12C. The molecule has 4 aliphatic carbocycles. The Labute approximate surface area is 235 Å². The standard InChI is InChI=1S/C30H53NO7S/c1-17(2)12-20(16-39(36,37)38)31-27(35)9-6-18(3)22-7-8-23-28-24(15-26(34)30(22,23)5)29(4)11-10-21(32)13-19(29)14-25(28)33/h17-26,28,32-34H,6-16H2,1-5H3,(H,31,35)(H,36,37,38). The van der Waals surface area contributed by atoms with Gasteiger partial charge in [-0.2, -0.15) is 8.42 Å². The summed E-state index contributed by atoms with van der Waals surface area (Å²) >= 11 is 0. The second-order valence-corrected chi connectivity index (χ2v) is 16.2. The summed E-state index contributed by atoms with van der Waals surface area (Å²) in [4.78, 5) is 12.8. The largest absolute Gasteiger partial charge is 0.393 e. The van der Waals surface area contributed by atoms with Crippen LogP contribution in [0.25, 0.3) is 0 Å². The third-order valence-electron chi connectivity index (χ3n) is 11.9. The number of fused-ring (bicyclic) bond motifs is 5. The first-order valence-corrected chi connectivity index (χ1v) is 17.0. The Bertz CT molecular complexity index is 988. The van der Waals surface area contributed by atoms with E-state index in [-0.39, 0.29) is 64.8 Å². The van der Waals surface area contributed by atoms with Gasteiger partial charge in [0.05, 0.1) is 24.1 Å². The molecule has 39 heavy (non-hydrogen) atoms. The molecule has 0 bridgehead atoms. The molecule has 226 valence electrons. The lowest BCUT2D eigenvalue weighted by Gasteiger charge is -2.63. The van der Waals surface area contributed by atoms with Crippen molar-refractivity contribution in [1.82, 2.24) is 5.32 Å². The molecule has 4 fully saturated rings. The van der Waals surface area contributed by atoms with E-state index in [1.165, 1.54) is 0 Å². The maximum absolute atomic E-state index is 12.8. The Balaban J connectivity index is 1.42. The van der Waals surface area contributed by atoms with E-state index in [1.54, 1.807) is 0 Å². The highest BCUT2D eigenvalue weighted by molar-refractivity contribution is 7.85. The van der Waals surface area contributed by atoms with Crippen LogP contribution in [0, 0.1) is 52.3 Å². The Morgan fingerprint density at radius 3 is 2.33 bits per heavy atom. The molecule has 0 heterocycles. The van der Waals surface area contributed by atoms with Gasteiger partial charge in [0.25, 0.3) is 10.1 Å². The fraction of sp³-hybridized carbons (Fsp3) is 0.967. The summed E-state index contributed by atoms with van der Waals surface area (Å²) in [5, 5.41) is 36.3. The van der Waals surface area contributed by atoms with Crippen LogP contribution < -0.4 is 5.32 Å². The van der Waals surface area contributed by atoms with E-state index in [9.17, 15) is 33.1 Å². The Morgan fingerprint density at radius 2 is 1.69 bits per heavy atom. The van der Waals surface area contributed by atoms with Gasteiger partial charge in [-0.25, -0.2) is 0 Å². The zero-order valence-electron chi connectivity index (χ0n) is 24.6. The average Bonchev–Trinajstić information content (AvgIpc) is 3.16. The van der Waals surface area contributed by atoms with Gasteiger partial charge in [-0.1, -0.05) is 34.6 Å². The Kier molecular flexibility index (Phi) is 9.20. The van der Waals surface area contributed by atoms with Crippen LogP contribution in [0.15, 0.2) is 0 Å². The lowest BCUT2D eigenvalue weighted by molar-refractivity contribution is -0.207. The maximum atomic E-state index is 12.8. The molecule has 0 radical (unpaired) electrons. The first-order valence-electron chi connectivity index (χ1n) is 15.3. The zero-order chi connectivity index (χ0) is 28.9. The highest BCUT2D eigenvalue weighted by atomic mass is 32.2. The molecule has 4 rings (SSSR count). The van der Waals surface area contributed by atoms with Crippen LogP contribution in [-0.4, -0.2) is 64.3 Å². The van der Waals surface area contributed by atoms with Crippen LogP contribution in [0.1, 0.15) is 98.8 Å². The number of hydrogen-bond acceptors (Lipinski definition) is 6. The van der Waals surface area contributed by atoms with Crippen molar-refractivity contribution in [3.8, 4) is 0 Å². The zero-order valence-corrected chi connectivity index (χ0v) is 25.4. The Morgan fingerprint density at radius 1 is 1.00 bits per heavy atom. The van der Waals surface area contributed by atoms with E-state index in [4.69, 9.17) is 0 Å². The van der Waals surface area contributed by atoms with Gasteiger partial charge in [0.2, 0.25) is 5.91 Å². The molecule has 1 amide bonds. The third kappa shape index (κ3) is 6.23. The molecule has 5 N–H and O–H groups in total. The Hall–Kier alpha value is -0.740. The van der Waals surface area contributed by atoms with Crippen LogP contribution in [0.2, 0.25) is 0 Å². The fourth-order valence-electron chi connectivity index (χ4n) is 9.98. The number of aliphatic hydroxyl groups excluding tert-OH is 3. The second-order valence-electron chi connectivity index (χ2n) is 14.7. The second kappa shape index (κ2) is 11.5. The normalized spacial score (nSPS) is 43.7. The molecule has 0 aromatic rings. The van der Waals surface area contributed by atoms with Crippen LogP contribution in [0.5, 0.6) is 0 Å². The molecule has 0 aliphatic heterocycles. The molecular formula is C30H53NO7S. The molecule has 8 nitrogen and oxygen atoms in total. The predicted octanol–water partition coefficient (Wildman–Crippen LogP) is 3.78. The quantitative estimate of drug-likeness (QED) is 0.265. The lowest BCUT2D eigenvalue weighted by Crippen LogP contribution is -2.62. The van der Waals surface area contributed by atoms with Gasteiger partial charge >= 0.3 is 0 Å². The van der Waals surface area contributed by atoms with Gasteiger partial charge in [0.15, 0.2) is 0 Å². The van der Waals surface area contributed by atoms with Crippen LogP contribution >= 0.6 is 0 Å². The van der Waals surface area contributed by atoms with Crippen molar-refractivity contribution in [2.24, 2.45) is 52.3 Å². The number of amides is 1. The summed E-state index contributed by atoms with van der Waals surface area (Å²) < 4.78 is 32.2. The van der Waals surface area contributed by atoms with Gasteiger partial charge in [-0.05, 0) is 110 Å². The van der Waals surface area contributed by atoms with Gasteiger partial charge in [0.1, 0.15) is 0 Å². The van der Waals surface area contributed by atoms with Crippen molar-refractivity contribution in [3.63, 3.8) is 0 Å². The minimum atomic E-state index is -4.19. The maximum Gasteiger partial charge on any atom is 0.266 e. The van der Waals surface area contributed by atoms with Gasteiger partial charge in [-0.3, -0.25) is 9.35 Å². The summed E-state index contributed by atoms with van der Waals surface area (Å²) in [5.74, 6) is 0.860. The molecule has 4 saturated carbocycles. The summed E-state index contributed by atoms with van der Waals surface area (Å²) in [6.07, 6.45) is 6.09. The van der Waals surface area contributed by atoms with E-state index in [2.05, 4.69) is 26.1 Å². The summed E-state index contributed by atoms with van der Waals surface area (Å²) in [6, 6.07) is -0.618. The predicted molar refractivity (Wildman–Crippen MR) is 150 cm³/mol. The van der Waals surface area contributed by atoms with Crippen molar-refractivity contribution in [3.05, 3.63) is 0 Å². The van der Waals surface area contributed by atoms with Gasteiger partial charge in [-0.15, -0.1) is 0 Å². The minimum absolute atomic E-state index is 0.0435. The van der Waals surface area contributed by atoms with Gasteiger partial charge in [0, 0.05) is 12.5 Å². The van der Waals surface area contributed by atoms with Crippen molar-refractivity contribution in [1.29, 1.82) is 0 Å². The van der Waals surface area contributed by atoms with Crippen molar-refractivity contribution in [2.75, 3.05) is 5.75 Å². The molecular weight excluding hydrogens is 518 g/mol. The monoisotopic (exact) mass is 571 g/mol. The number of carbonyl (C=O) groups excluding carboxylic acids is 1. The topological polar surface area (TPSA) is 144 Å². The summed E-state index contributed by atoms with van der Waals surface area (Å²) in [7, 11) is -4.19. The summed E-state index contributed by atoms with van der Waals surface area (Å²) in [5.41, 5.74) is -0.275. The lowest BCUT2D eigenvalue weighted by atomic mass is 9.43. The van der Waals surface area contributed by atoms with E-state index >= 15 is 0 Å². The number of aliphatic hydroxyl groups is 3. The van der Waals surface area contributed by atoms with Crippen LogP contribution in [0.4, 0.5) is 0 Å². The number of hydrogen-bond donors (Lipinski definition) is 5. The molecule has 0 spiro atoms. The van der Waals surface area contributed by atoms with E-state index in [0.29, 0.717) is 25.2 Å². The average molecular weight is 572 g/mol. The summed E-state index contributed by atoms with van der Waals surface area (Å²) in [6.45, 7) is 10.6.